The lowest BCUT2D eigenvalue weighted by molar-refractivity contribution is -0.139. The number of hydrogen-bond acceptors (Lipinski definition) is 5. The lowest BCUT2D eigenvalue weighted by Crippen LogP contribution is -2.40. The highest BCUT2D eigenvalue weighted by Crippen LogP contribution is 2.19. The number of aryl methyl sites for hydroxylation is 1. The molecular weight excluding hydrogens is 336 g/mol. The molecule has 0 saturated heterocycles. The fraction of sp³-hybridized carbons (Fsp3) is 0.467. The Labute approximate surface area is 139 Å². The molecule has 24 heavy (non-hydrogen) atoms. The smallest absolute Gasteiger partial charge is 0.419 e. The highest BCUT2D eigenvalue weighted by molar-refractivity contribution is 7.89. The van der Waals surface area contributed by atoms with Crippen LogP contribution in [0.15, 0.2) is 32.3 Å². The number of nitrogens with one attached hydrogen (secondary N) is 1. The highest BCUT2D eigenvalue weighted by atomic mass is 32.2. The van der Waals surface area contributed by atoms with Crippen molar-refractivity contribution in [3.8, 4) is 0 Å². The number of oxazole rings is 1. The number of carboxylic acid groups (broad SMARTS) is 1. The fourth-order valence-corrected chi connectivity index (χ4v) is 3.65. The van der Waals surface area contributed by atoms with Crippen molar-refractivity contribution >= 4 is 27.1 Å². The molecule has 2 N–H and O–H groups in total. The third-order valence-corrected chi connectivity index (χ3v) is 5.18. The van der Waals surface area contributed by atoms with Gasteiger partial charge in [-0.2, -0.15) is 4.72 Å². The number of hydrogen-bond donors (Lipinski definition) is 2. The molecule has 0 saturated carbocycles. The first-order valence-corrected chi connectivity index (χ1v) is 9.17. The molecule has 0 aliphatic rings. The lowest BCUT2D eigenvalue weighted by Gasteiger charge is -2.14. The monoisotopic (exact) mass is 356 g/mol. The largest absolute Gasteiger partial charge is 0.480 e. The van der Waals surface area contributed by atoms with Crippen LogP contribution >= 0.6 is 0 Å². The Morgan fingerprint density at radius 2 is 2.08 bits per heavy atom. The summed E-state index contributed by atoms with van der Waals surface area (Å²) >= 11 is 0. The molecule has 0 spiro atoms. The second kappa shape index (κ2) is 7.18. The Hall–Kier alpha value is -2.13. The predicted octanol–water partition coefficient (Wildman–Crippen LogP) is 1.54. The molecule has 0 aliphatic heterocycles. The van der Waals surface area contributed by atoms with Crippen molar-refractivity contribution in [2.45, 2.75) is 50.6 Å². The first-order valence-electron chi connectivity index (χ1n) is 7.68. The van der Waals surface area contributed by atoms with Crippen LogP contribution in [-0.2, 0) is 21.4 Å². The van der Waals surface area contributed by atoms with E-state index in [1.165, 1.54) is 22.8 Å². The highest BCUT2D eigenvalue weighted by Gasteiger charge is 2.25. The van der Waals surface area contributed by atoms with Crippen molar-refractivity contribution in [3.63, 3.8) is 0 Å². The maximum absolute atomic E-state index is 12.4. The fourth-order valence-electron chi connectivity index (χ4n) is 2.41. The zero-order valence-corrected chi connectivity index (χ0v) is 14.3. The van der Waals surface area contributed by atoms with Crippen LogP contribution in [0.4, 0.5) is 0 Å². The number of nitrogens with zero attached hydrogens (tertiary/aromatic N) is 1. The summed E-state index contributed by atoms with van der Waals surface area (Å²) in [6.45, 7) is 4.06. The summed E-state index contributed by atoms with van der Waals surface area (Å²) in [5.41, 5.74) is 0.632. The molecule has 1 aromatic carbocycles. The molecule has 1 atom stereocenters. The minimum Gasteiger partial charge on any atom is -0.480 e. The van der Waals surface area contributed by atoms with Crippen LogP contribution in [0.5, 0.6) is 0 Å². The van der Waals surface area contributed by atoms with Gasteiger partial charge in [-0.15, -0.1) is 0 Å². The Balaban J connectivity index is 2.36. The number of aliphatic carboxylic acids is 1. The van der Waals surface area contributed by atoms with Crippen LogP contribution in [0.25, 0.3) is 11.1 Å². The van der Waals surface area contributed by atoms with E-state index in [1.807, 2.05) is 6.92 Å². The molecule has 1 heterocycles. The van der Waals surface area contributed by atoms with E-state index < -0.39 is 27.8 Å². The molecule has 0 unspecified atom stereocenters. The molecule has 132 valence electrons. The van der Waals surface area contributed by atoms with Crippen molar-refractivity contribution in [1.29, 1.82) is 0 Å². The topological polar surface area (TPSA) is 119 Å². The van der Waals surface area contributed by atoms with Crippen molar-refractivity contribution in [3.05, 3.63) is 28.7 Å². The van der Waals surface area contributed by atoms with Gasteiger partial charge < -0.3 is 9.52 Å². The van der Waals surface area contributed by atoms with E-state index in [1.54, 1.807) is 6.92 Å². The predicted molar refractivity (Wildman–Crippen MR) is 87.4 cm³/mol. The first-order chi connectivity index (χ1) is 11.3. The van der Waals surface area contributed by atoms with Crippen LogP contribution in [0.1, 0.15) is 33.1 Å². The van der Waals surface area contributed by atoms with Gasteiger partial charge in [-0.05, 0) is 25.5 Å². The summed E-state index contributed by atoms with van der Waals surface area (Å²) in [5.74, 6) is -1.79. The molecule has 0 radical (unpaired) electrons. The summed E-state index contributed by atoms with van der Waals surface area (Å²) in [4.78, 5) is 22.7. The lowest BCUT2D eigenvalue weighted by atomic mass is 10.1. The first kappa shape index (κ1) is 18.2. The summed E-state index contributed by atoms with van der Waals surface area (Å²) in [7, 11) is -4.04. The van der Waals surface area contributed by atoms with Crippen LogP contribution in [0.2, 0.25) is 0 Å². The zero-order valence-electron chi connectivity index (χ0n) is 13.5. The average molecular weight is 356 g/mol. The molecule has 8 nitrogen and oxygen atoms in total. The number of sulfonamides is 1. The van der Waals surface area contributed by atoms with Gasteiger partial charge in [-0.1, -0.05) is 19.8 Å². The maximum atomic E-state index is 12.4. The Morgan fingerprint density at radius 3 is 2.67 bits per heavy atom. The van der Waals surface area contributed by atoms with Gasteiger partial charge in [-0.25, -0.2) is 13.2 Å². The summed E-state index contributed by atoms with van der Waals surface area (Å²) in [5, 5.41) is 9.16. The summed E-state index contributed by atoms with van der Waals surface area (Å²) in [6, 6.07) is 2.83. The number of aromatic nitrogens is 1. The van der Waals surface area contributed by atoms with E-state index in [-0.39, 0.29) is 16.9 Å². The average Bonchev–Trinajstić information content (AvgIpc) is 2.85. The van der Waals surface area contributed by atoms with E-state index in [4.69, 9.17) is 9.52 Å². The zero-order chi connectivity index (χ0) is 17.9. The molecule has 2 rings (SSSR count). The number of carboxylic acids is 1. The van der Waals surface area contributed by atoms with Crippen molar-refractivity contribution < 1.29 is 22.7 Å². The molecule has 0 aliphatic carbocycles. The quantitative estimate of drug-likeness (QED) is 0.740. The van der Waals surface area contributed by atoms with E-state index >= 15 is 0 Å². The van der Waals surface area contributed by atoms with Gasteiger partial charge >= 0.3 is 11.7 Å². The van der Waals surface area contributed by atoms with Crippen molar-refractivity contribution in [2.75, 3.05) is 0 Å². The van der Waals surface area contributed by atoms with Crippen LogP contribution in [-0.4, -0.2) is 30.1 Å². The maximum Gasteiger partial charge on any atom is 0.419 e. The van der Waals surface area contributed by atoms with Crippen LogP contribution in [0, 0.1) is 0 Å². The second-order valence-electron chi connectivity index (χ2n) is 5.40. The Bertz CT molecular complexity index is 896. The van der Waals surface area contributed by atoms with Gasteiger partial charge in [0, 0.05) is 12.6 Å². The van der Waals surface area contributed by atoms with Crippen molar-refractivity contribution in [2.24, 2.45) is 0 Å². The molecule has 0 fully saturated rings. The Morgan fingerprint density at radius 1 is 1.38 bits per heavy atom. The van der Waals surface area contributed by atoms with Crippen molar-refractivity contribution in [1.82, 2.24) is 9.29 Å². The molecule has 9 heteroatoms. The number of rotatable bonds is 8. The standard InChI is InChI=1S/C15H20N2O6S/c1-3-5-6-11(14(18)19)16-24(21,22)10-7-8-12-13(9-10)23-15(20)17(12)4-2/h7-9,11,16H,3-6H2,1-2H3,(H,18,19)/t11-/m0/s1. The van der Waals surface area contributed by atoms with E-state index in [0.717, 1.165) is 6.42 Å². The minimum absolute atomic E-state index is 0.144. The van der Waals surface area contributed by atoms with E-state index in [0.29, 0.717) is 18.5 Å². The number of benzene rings is 1. The molecule has 2 aromatic rings. The SMILES string of the molecule is CCCC[C@H](NS(=O)(=O)c1ccc2c(c1)oc(=O)n2CC)C(=O)O. The molecule has 1 aromatic heterocycles. The van der Waals surface area contributed by atoms with Gasteiger partial charge in [0.05, 0.1) is 10.4 Å². The third kappa shape index (κ3) is 3.68. The van der Waals surface area contributed by atoms with Gasteiger partial charge in [0.1, 0.15) is 6.04 Å². The molecule has 0 bridgehead atoms. The normalized spacial score (nSPS) is 13.2. The molecule has 0 amide bonds. The van der Waals surface area contributed by atoms with E-state index in [2.05, 4.69) is 4.72 Å². The van der Waals surface area contributed by atoms with E-state index in [9.17, 15) is 18.0 Å². The Kier molecular flexibility index (Phi) is 5.45. The molecular formula is C15H20N2O6S. The second-order valence-corrected chi connectivity index (χ2v) is 7.11. The third-order valence-electron chi connectivity index (χ3n) is 3.71. The summed E-state index contributed by atoms with van der Waals surface area (Å²) in [6.07, 6.45) is 1.55. The van der Waals surface area contributed by atoms with Gasteiger partial charge in [0.2, 0.25) is 10.0 Å². The number of unbranched alkanes of at least 4 members (excludes halogenated alkanes) is 1. The van der Waals surface area contributed by atoms with Gasteiger partial charge in [0.15, 0.2) is 5.58 Å². The van der Waals surface area contributed by atoms with Crippen LogP contribution < -0.4 is 10.5 Å². The summed E-state index contributed by atoms with van der Waals surface area (Å²) < 4.78 is 33.4. The van der Waals surface area contributed by atoms with Gasteiger partial charge in [-0.3, -0.25) is 9.36 Å². The minimum atomic E-state index is -4.04. The number of carbonyl (C=O) groups is 1. The van der Waals surface area contributed by atoms with Crippen LogP contribution in [0.3, 0.4) is 0 Å². The van der Waals surface area contributed by atoms with Gasteiger partial charge in [0.25, 0.3) is 0 Å². The number of fused-ring (bicyclic) bond motifs is 1.